The lowest BCUT2D eigenvalue weighted by Crippen LogP contribution is -2.15. The van der Waals surface area contributed by atoms with Crippen LogP contribution in [0.15, 0.2) is 48.5 Å². The Kier molecular flexibility index (Phi) is 5.19. The average Bonchev–Trinajstić information content (AvgIpc) is 2.52. The predicted octanol–water partition coefficient (Wildman–Crippen LogP) is 3.45. The number of halogens is 1. The van der Waals surface area contributed by atoms with E-state index in [1.807, 2.05) is 36.4 Å². The van der Waals surface area contributed by atoms with Crippen LogP contribution in [-0.4, -0.2) is 19.2 Å². The zero-order valence-corrected chi connectivity index (χ0v) is 11.8. The first-order chi connectivity index (χ1) is 10.2. The van der Waals surface area contributed by atoms with Crippen molar-refractivity contribution in [3.63, 3.8) is 0 Å². The van der Waals surface area contributed by atoms with Crippen LogP contribution in [0, 0.1) is 11.3 Å². The third-order valence-electron chi connectivity index (χ3n) is 2.68. The molecule has 0 heterocycles. The van der Waals surface area contributed by atoms with Crippen molar-refractivity contribution >= 4 is 17.6 Å². The van der Waals surface area contributed by atoms with Gasteiger partial charge in [-0.15, -0.1) is 0 Å². The van der Waals surface area contributed by atoms with Gasteiger partial charge in [-0.25, -0.2) is 4.79 Å². The molecule has 0 unspecified atom stereocenters. The number of carbonyl (C=O) groups excluding carboxylic acids is 1. The van der Waals surface area contributed by atoms with Crippen LogP contribution in [0.5, 0.6) is 5.75 Å². The summed E-state index contributed by atoms with van der Waals surface area (Å²) in [5.41, 5.74) is 2.00. The summed E-state index contributed by atoms with van der Waals surface area (Å²) in [5.74, 6) is -0.218. The average molecular weight is 302 g/mol. The quantitative estimate of drug-likeness (QED) is 0.794. The van der Waals surface area contributed by atoms with Crippen LogP contribution >= 0.6 is 11.6 Å². The fourth-order valence-electron chi connectivity index (χ4n) is 1.72. The molecule has 0 saturated carbocycles. The second-order valence-corrected chi connectivity index (χ2v) is 4.53. The normalized spacial score (nSPS) is 9.71. The number of hydrogen-bond acceptors (Lipinski definition) is 4. The van der Waals surface area contributed by atoms with E-state index in [0.29, 0.717) is 10.8 Å². The van der Waals surface area contributed by atoms with E-state index in [1.54, 1.807) is 18.2 Å². The monoisotopic (exact) mass is 301 g/mol. The minimum absolute atomic E-state index is 0.286. The minimum Gasteiger partial charge on any atom is -0.480 e. The van der Waals surface area contributed by atoms with Crippen molar-refractivity contribution in [2.45, 2.75) is 0 Å². The van der Waals surface area contributed by atoms with Gasteiger partial charge in [0.15, 0.2) is 13.2 Å². The van der Waals surface area contributed by atoms with Crippen molar-refractivity contribution in [2.75, 3.05) is 13.2 Å². The number of hydrogen-bond donors (Lipinski definition) is 0. The number of esters is 1. The van der Waals surface area contributed by atoms with Crippen LogP contribution in [0.2, 0.25) is 5.02 Å². The van der Waals surface area contributed by atoms with Gasteiger partial charge in [-0.3, -0.25) is 0 Å². The van der Waals surface area contributed by atoms with Gasteiger partial charge in [-0.2, -0.15) is 5.26 Å². The van der Waals surface area contributed by atoms with E-state index < -0.39 is 5.97 Å². The van der Waals surface area contributed by atoms with Crippen molar-refractivity contribution in [1.29, 1.82) is 5.26 Å². The summed E-state index contributed by atoms with van der Waals surface area (Å²) in [6.07, 6.45) is 0. The van der Waals surface area contributed by atoms with Gasteiger partial charge in [0.1, 0.15) is 11.8 Å². The molecular formula is C16H12ClNO3. The van der Waals surface area contributed by atoms with Crippen molar-refractivity contribution < 1.29 is 14.3 Å². The van der Waals surface area contributed by atoms with Gasteiger partial charge >= 0.3 is 5.97 Å². The van der Waals surface area contributed by atoms with Gasteiger partial charge < -0.3 is 9.47 Å². The highest BCUT2D eigenvalue weighted by Gasteiger charge is 2.08. The second-order valence-electron chi connectivity index (χ2n) is 4.12. The highest BCUT2D eigenvalue weighted by atomic mass is 35.5. The molecule has 0 amide bonds. The van der Waals surface area contributed by atoms with E-state index in [4.69, 9.17) is 21.6 Å². The molecule has 0 atom stereocenters. The number of carbonyl (C=O) groups is 1. The molecule has 2 rings (SSSR count). The molecule has 0 aromatic heterocycles. The van der Waals surface area contributed by atoms with Gasteiger partial charge in [-0.05, 0) is 23.3 Å². The third kappa shape index (κ3) is 4.23. The van der Waals surface area contributed by atoms with E-state index in [-0.39, 0.29) is 13.2 Å². The smallest absolute Gasteiger partial charge is 0.345 e. The fourth-order valence-corrected chi connectivity index (χ4v) is 1.95. The maximum Gasteiger partial charge on any atom is 0.345 e. The van der Waals surface area contributed by atoms with Gasteiger partial charge in [-0.1, -0.05) is 48.0 Å². The first kappa shape index (κ1) is 14.9. The molecule has 0 aliphatic heterocycles. The fraction of sp³-hybridized carbons (Fsp3) is 0.125. The molecule has 0 radical (unpaired) electrons. The molecule has 5 heteroatoms. The molecule has 4 nitrogen and oxygen atoms in total. The first-order valence-corrected chi connectivity index (χ1v) is 6.59. The van der Waals surface area contributed by atoms with Gasteiger partial charge in [0.25, 0.3) is 0 Å². The first-order valence-electron chi connectivity index (χ1n) is 6.21. The molecule has 0 fully saturated rings. The summed E-state index contributed by atoms with van der Waals surface area (Å²) >= 11 is 6.14. The molecule has 0 N–H and O–H groups in total. The van der Waals surface area contributed by atoms with Crippen molar-refractivity contribution in [2.24, 2.45) is 0 Å². The van der Waals surface area contributed by atoms with Crippen molar-refractivity contribution in [1.82, 2.24) is 0 Å². The van der Waals surface area contributed by atoms with Crippen LogP contribution in [-0.2, 0) is 9.53 Å². The molecule has 0 aliphatic carbocycles. The molecular weight excluding hydrogens is 290 g/mol. The molecule has 2 aromatic rings. The lowest BCUT2D eigenvalue weighted by Gasteiger charge is -2.09. The zero-order chi connectivity index (χ0) is 15.1. The maximum absolute atomic E-state index is 11.2. The number of nitriles is 1. The van der Waals surface area contributed by atoms with Crippen LogP contribution in [0.4, 0.5) is 0 Å². The Hall–Kier alpha value is -2.51. The van der Waals surface area contributed by atoms with E-state index in [9.17, 15) is 4.79 Å². The Morgan fingerprint density at radius 3 is 2.57 bits per heavy atom. The highest BCUT2D eigenvalue weighted by molar-refractivity contribution is 6.32. The maximum atomic E-state index is 11.2. The summed E-state index contributed by atoms with van der Waals surface area (Å²) in [6.45, 7) is -0.574. The zero-order valence-electron chi connectivity index (χ0n) is 11.1. The summed E-state index contributed by atoms with van der Waals surface area (Å²) in [5, 5.41) is 8.70. The van der Waals surface area contributed by atoms with Crippen molar-refractivity contribution in [3.8, 4) is 22.9 Å². The van der Waals surface area contributed by atoms with E-state index in [0.717, 1.165) is 11.1 Å². The Morgan fingerprint density at radius 1 is 1.14 bits per heavy atom. The Balaban J connectivity index is 2.03. The van der Waals surface area contributed by atoms with Gasteiger partial charge in [0.05, 0.1) is 5.02 Å². The highest BCUT2D eigenvalue weighted by Crippen LogP contribution is 2.30. The van der Waals surface area contributed by atoms with Crippen molar-refractivity contribution in [3.05, 3.63) is 53.6 Å². The molecule has 0 bridgehead atoms. The molecule has 0 spiro atoms. The van der Waals surface area contributed by atoms with E-state index >= 15 is 0 Å². The molecule has 0 aliphatic rings. The summed E-state index contributed by atoms with van der Waals surface area (Å²) in [6, 6.07) is 16.8. The van der Waals surface area contributed by atoms with Gasteiger partial charge in [0.2, 0.25) is 0 Å². The molecule has 106 valence electrons. The number of ether oxygens (including phenoxy) is 2. The predicted molar refractivity (Wildman–Crippen MR) is 79.0 cm³/mol. The number of rotatable bonds is 5. The summed E-state index contributed by atoms with van der Waals surface area (Å²) < 4.78 is 9.85. The third-order valence-corrected chi connectivity index (χ3v) is 2.98. The topological polar surface area (TPSA) is 59.3 Å². The Labute approximate surface area is 127 Å². The summed E-state index contributed by atoms with van der Waals surface area (Å²) in [4.78, 5) is 11.2. The summed E-state index contributed by atoms with van der Waals surface area (Å²) in [7, 11) is 0. The SMILES string of the molecule is N#CCOC(=O)COc1ccc(-c2ccccc2)cc1Cl. The van der Waals surface area contributed by atoms with Crippen LogP contribution in [0.25, 0.3) is 11.1 Å². The lowest BCUT2D eigenvalue weighted by molar-refractivity contribution is -0.144. The second kappa shape index (κ2) is 7.32. The molecule has 0 saturated heterocycles. The minimum atomic E-state index is -0.611. The lowest BCUT2D eigenvalue weighted by atomic mass is 10.1. The Morgan fingerprint density at radius 2 is 1.90 bits per heavy atom. The van der Waals surface area contributed by atoms with E-state index in [2.05, 4.69) is 4.74 Å². The van der Waals surface area contributed by atoms with E-state index in [1.165, 1.54) is 0 Å². The largest absolute Gasteiger partial charge is 0.480 e. The van der Waals surface area contributed by atoms with Crippen LogP contribution < -0.4 is 4.74 Å². The molecule has 2 aromatic carbocycles. The van der Waals surface area contributed by atoms with Gasteiger partial charge in [0, 0.05) is 0 Å². The molecule has 21 heavy (non-hydrogen) atoms. The van der Waals surface area contributed by atoms with Crippen LogP contribution in [0.1, 0.15) is 0 Å². The Bertz CT molecular complexity index is 665. The standard InChI is InChI=1S/C16H12ClNO3/c17-14-10-13(12-4-2-1-3-5-12)6-7-15(14)21-11-16(19)20-9-8-18/h1-7,10H,9,11H2. The van der Waals surface area contributed by atoms with Crippen LogP contribution in [0.3, 0.4) is 0 Å². The number of nitrogens with zero attached hydrogens (tertiary/aromatic N) is 1. The number of benzene rings is 2.